The number of carbonyl (C=O) groups excluding carboxylic acids is 1. The maximum atomic E-state index is 15.2. The van der Waals surface area contributed by atoms with Crippen LogP contribution in [0, 0.1) is 6.92 Å². The quantitative estimate of drug-likeness (QED) is 0.289. The lowest BCUT2D eigenvalue weighted by molar-refractivity contribution is -0.134. The van der Waals surface area contributed by atoms with E-state index in [2.05, 4.69) is 58.0 Å². The number of hydrogen-bond acceptors (Lipinski definition) is 5. The van der Waals surface area contributed by atoms with Gasteiger partial charge in [0.1, 0.15) is 11.5 Å². The summed E-state index contributed by atoms with van der Waals surface area (Å²) < 4.78 is 22.2. The molecule has 0 spiro atoms. The molecular formula is C30H32FN5O2. The Hall–Kier alpha value is -3.78. The minimum atomic E-state index is -1.46. The summed E-state index contributed by atoms with van der Waals surface area (Å²) in [5, 5.41) is 5.79. The summed E-state index contributed by atoms with van der Waals surface area (Å²) >= 11 is 0. The van der Waals surface area contributed by atoms with Gasteiger partial charge in [0.15, 0.2) is 5.67 Å². The molecule has 4 aromatic rings. The van der Waals surface area contributed by atoms with Gasteiger partial charge < -0.3 is 19.8 Å². The molecule has 0 bridgehead atoms. The van der Waals surface area contributed by atoms with Crippen LogP contribution >= 0.6 is 0 Å². The first kappa shape index (κ1) is 24.6. The minimum Gasteiger partial charge on any atom is -0.379 e. The van der Waals surface area contributed by atoms with Crippen molar-refractivity contribution in [3.63, 3.8) is 0 Å². The van der Waals surface area contributed by atoms with Gasteiger partial charge >= 0.3 is 0 Å². The number of ether oxygens (including phenoxy) is 1. The maximum absolute atomic E-state index is 15.2. The van der Waals surface area contributed by atoms with Crippen LogP contribution in [0.15, 0.2) is 61.1 Å². The second kappa shape index (κ2) is 10.2. The smallest absolute Gasteiger partial charge is 0.212 e. The van der Waals surface area contributed by atoms with Crippen molar-refractivity contribution in [3.8, 4) is 0 Å². The highest BCUT2D eigenvalue weighted by molar-refractivity contribution is 5.70. The lowest BCUT2D eigenvalue weighted by Crippen LogP contribution is -2.43. The van der Waals surface area contributed by atoms with E-state index in [4.69, 9.17) is 4.74 Å². The number of nitrogens with one attached hydrogen (secondary N) is 2. The molecule has 1 saturated heterocycles. The molecule has 2 N–H and O–H groups in total. The number of aromatic nitrogens is 3. The number of rotatable bonds is 8. The number of nitrogens with zero attached hydrogens (tertiary/aromatic N) is 3. The molecule has 0 unspecified atom stereocenters. The van der Waals surface area contributed by atoms with Crippen molar-refractivity contribution in [3.05, 3.63) is 89.0 Å². The van der Waals surface area contributed by atoms with Gasteiger partial charge in [-0.25, -0.2) is 14.4 Å². The summed E-state index contributed by atoms with van der Waals surface area (Å²) in [5.74, 6) is 1.90. The van der Waals surface area contributed by atoms with Crippen LogP contribution < -0.4 is 10.6 Å². The Morgan fingerprint density at radius 1 is 1.08 bits per heavy atom. The molecule has 7 nitrogen and oxygen atoms in total. The van der Waals surface area contributed by atoms with Gasteiger partial charge in [-0.15, -0.1) is 0 Å². The number of amides is 1. The van der Waals surface area contributed by atoms with Crippen molar-refractivity contribution in [2.75, 3.05) is 23.8 Å². The first-order chi connectivity index (χ1) is 18.5. The standard InChI is InChI=1S/C20H20FN5O2.C10H12/c21-20(10-28-11-20)17-5-14(13-1-2-13)8-26-9-16(25-19(17)26)7-23-15-3-4-22-18(6-15)24-12-27;1-8-3-2-4-10(7-8)9-5-6-9/h3-6,8-9,12-13H,1-2,7,10-11H2,(H2,22,23,24,27);2-4,7,9H,5-6H2,1H3. The summed E-state index contributed by atoms with van der Waals surface area (Å²) in [7, 11) is 0. The Bertz CT molecular complexity index is 1460. The molecule has 0 radical (unpaired) electrons. The molecule has 3 fully saturated rings. The Kier molecular flexibility index (Phi) is 6.57. The van der Waals surface area contributed by atoms with Gasteiger partial charge in [0.2, 0.25) is 6.41 Å². The number of aryl methyl sites for hydroxylation is 1. The summed E-state index contributed by atoms with van der Waals surface area (Å²) in [6.07, 6.45) is 11.3. The van der Waals surface area contributed by atoms with Crippen LogP contribution in [0.2, 0.25) is 0 Å². The third kappa shape index (κ3) is 5.41. The van der Waals surface area contributed by atoms with Crippen LogP contribution in [0.1, 0.15) is 65.5 Å². The molecule has 1 aromatic carbocycles. The average molecular weight is 514 g/mol. The number of benzene rings is 1. The number of carbonyl (C=O) groups is 1. The average Bonchev–Trinajstić information content (AvgIpc) is 3.83. The van der Waals surface area contributed by atoms with E-state index >= 15 is 4.39 Å². The molecule has 2 saturated carbocycles. The number of halogens is 1. The zero-order chi connectivity index (χ0) is 26.1. The van der Waals surface area contributed by atoms with Crippen LogP contribution in [-0.4, -0.2) is 34.0 Å². The predicted molar refractivity (Wildman–Crippen MR) is 145 cm³/mol. The molecule has 1 aliphatic heterocycles. The third-order valence-corrected chi connectivity index (χ3v) is 7.35. The summed E-state index contributed by atoms with van der Waals surface area (Å²) in [5.41, 5.74) is 5.53. The first-order valence-corrected chi connectivity index (χ1v) is 13.3. The third-order valence-electron chi connectivity index (χ3n) is 7.35. The molecule has 4 heterocycles. The van der Waals surface area contributed by atoms with E-state index in [1.54, 1.807) is 17.8 Å². The second-order valence-corrected chi connectivity index (χ2v) is 10.6. The SMILES string of the molecule is Cc1cccc(C2CC2)c1.O=CNc1cc(NCc2cn3cc(C4CC4)cc(C4(F)COC4)c3n2)ccn1. The van der Waals surface area contributed by atoms with E-state index in [0.29, 0.717) is 35.9 Å². The number of imidazole rings is 1. The molecule has 1 amide bonds. The van der Waals surface area contributed by atoms with Crippen LogP contribution in [-0.2, 0) is 21.7 Å². The number of pyridine rings is 2. The van der Waals surface area contributed by atoms with E-state index in [-0.39, 0.29) is 13.2 Å². The maximum Gasteiger partial charge on any atom is 0.212 e. The fraction of sp³-hybridized carbons (Fsp3) is 0.367. The Balaban J connectivity index is 0.000000221. The van der Waals surface area contributed by atoms with Gasteiger partial charge in [-0.05, 0) is 67.7 Å². The van der Waals surface area contributed by atoms with Crippen LogP contribution in [0.5, 0.6) is 0 Å². The summed E-state index contributed by atoms with van der Waals surface area (Å²) in [4.78, 5) is 19.3. The van der Waals surface area contributed by atoms with E-state index in [1.165, 1.54) is 24.0 Å². The highest BCUT2D eigenvalue weighted by Crippen LogP contribution is 2.44. The van der Waals surface area contributed by atoms with Crippen LogP contribution in [0.3, 0.4) is 0 Å². The number of fused-ring (bicyclic) bond motifs is 1. The van der Waals surface area contributed by atoms with Crippen molar-refractivity contribution in [2.24, 2.45) is 0 Å². The highest BCUT2D eigenvalue weighted by atomic mass is 19.1. The Morgan fingerprint density at radius 3 is 2.55 bits per heavy atom. The van der Waals surface area contributed by atoms with Crippen molar-refractivity contribution in [2.45, 2.75) is 56.7 Å². The fourth-order valence-electron chi connectivity index (χ4n) is 4.88. The Labute approximate surface area is 221 Å². The molecular weight excluding hydrogens is 481 g/mol. The molecule has 3 aliphatic rings. The minimum absolute atomic E-state index is 0.0841. The van der Waals surface area contributed by atoms with Gasteiger partial charge in [0, 0.05) is 35.9 Å². The summed E-state index contributed by atoms with van der Waals surface area (Å²) in [6, 6.07) is 14.4. The van der Waals surface area contributed by atoms with Gasteiger partial charge in [0.25, 0.3) is 0 Å². The van der Waals surface area contributed by atoms with Crippen molar-refractivity contribution in [1.82, 2.24) is 14.4 Å². The van der Waals surface area contributed by atoms with Crippen LogP contribution in [0.4, 0.5) is 15.9 Å². The molecule has 3 aromatic heterocycles. The topological polar surface area (TPSA) is 80.6 Å². The van der Waals surface area contributed by atoms with E-state index < -0.39 is 5.67 Å². The molecule has 38 heavy (non-hydrogen) atoms. The lowest BCUT2D eigenvalue weighted by atomic mass is 9.93. The molecule has 2 aliphatic carbocycles. The van der Waals surface area contributed by atoms with E-state index in [0.717, 1.165) is 30.1 Å². The van der Waals surface area contributed by atoms with Gasteiger partial charge in [-0.3, -0.25) is 4.79 Å². The Morgan fingerprint density at radius 2 is 1.87 bits per heavy atom. The van der Waals surface area contributed by atoms with Gasteiger partial charge in [-0.2, -0.15) is 0 Å². The lowest BCUT2D eigenvalue weighted by Gasteiger charge is -2.34. The largest absolute Gasteiger partial charge is 0.379 e. The second-order valence-electron chi connectivity index (χ2n) is 10.6. The van der Waals surface area contributed by atoms with Gasteiger partial charge in [0.05, 0.1) is 25.5 Å². The predicted octanol–water partition coefficient (Wildman–Crippen LogP) is 5.85. The van der Waals surface area contributed by atoms with Crippen LogP contribution in [0.25, 0.3) is 5.65 Å². The number of hydrogen-bond donors (Lipinski definition) is 2. The zero-order valence-corrected chi connectivity index (χ0v) is 21.5. The number of anilines is 2. The summed E-state index contributed by atoms with van der Waals surface area (Å²) in [6.45, 7) is 2.80. The van der Waals surface area contributed by atoms with Crippen molar-refractivity contribution in [1.29, 1.82) is 0 Å². The zero-order valence-electron chi connectivity index (χ0n) is 21.5. The van der Waals surface area contributed by atoms with E-state index in [9.17, 15) is 4.79 Å². The number of alkyl halides is 1. The molecule has 7 rings (SSSR count). The first-order valence-electron chi connectivity index (χ1n) is 13.3. The van der Waals surface area contributed by atoms with Crippen molar-refractivity contribution >= 4 is 23.6 Å². The molecule has 0 atom stereocenters. The van der Waals surface area contributed by atoms with Crippen molar-refractivity contribution < 1.29 is 13.9 Å². The highest BCUT2D eigenvalue weighted by Gasteiger charge is 2.43. The van der Waals surface area contributed by atoms with Gasteiger partial charge in [-0.1, -0.05) is 29.8 Å². The van der Waals surface area contributed by atoms with E-state index in [1.807, 2.05) is 22.7 Å². The molecule has 8 heteroatoms. The molecule has 196 valence electrons. The fourth-order valence-corrected chi connectivity index (χ4v) is 4.88. The monoisotopic (exact) mass is 513 g/mol. The normalized spacial score (nSPS) is 17.7.